The van der Waals surface area contributed by atoms with Gasteiger partial charge in [-0.1, -0.05) is 23.8 Å². The summed E-state index contributed by atoms with van der Waals surface area (Å²) < 4.78 is 5.74. The zero-order valence-electron chi connectivity index (χ0n) is 10.9. The van der Waals surface area contributed by atoms with E-state index in [1.165, 1.54) is 30.4 Å². The first-order chi connectivity index (χ1) is 7.51. The summed E-state index contributed by atoms with van der Waals surface area (Å²) in [5, 5.41) is 0. The summed E-state index contributed by atoms with van der Waals surface area (Å²) in [7, 11) is 0. The van der Waals surface area contributed by atoms with E-state index >= 15 is 0 Å². The summed E-state index contributed by atoms with van der Waals surface area (Å²) in [6, 6.07) is 0. The van der Waals surface area contributed by atoms with E-state index in [-0.39, 0.29) is 5.60 Å². The Kier molecular flexibility index (Phi) is 3.25. The number of fused-ring (bicyclic) bond motifs is 1. The highest BCUT2D eigenvalue weighted by atomic mass is 16.6. The molecule has 1 nitrogen and oxygen atoms in total. The molecule has 0 radical (unpaired) electrons. The third kappa shape index (κ3) is 2.57. The lowest BCUT2D eigenvalue weighted by molar-refractivity contribution is 0.303. The quantitative estimate of drug-likeness (QED) is 0.510. The van der Waals surface area contributed by atoms with Crippen LogP contribution < -0.4 is 0 Å². The molecule has 0 spiro atoms. The van der Waals surface area contributed by atoms with Crippen molar-refractivity contribution in [2.24, 2.45) is 5.92 Å². The van der Waals surface area contributed by atoms with Gasteiger partial charge in [0.25, 0.3) is 0 Å². The monoisotopic (exact) mass is 220 g/mol. The molecule has 16 heavy (non-hydrogen) atoms. The van der Waals surface area contributed by atoms with Gasteiger partial charge in [-0.25, -0.2) is 0 Å². The predicted octanol–water partition coefficient (Wildman–Crippen LogP) is 4.25. The first-order valence-corrected chi connectivity index (χ1v) is 6.50. The number of hydrogen-bond acceptors (Lipinski definition) is 1. The fraction of sp³-hybridized carbons (Fsp3) is 0.733. The van der Waals surface area contributed by atoms with Crippen molar-refractivity contribution in [2.45, 2.75) is 64.6 Å². The second kappa shape index (κ2) is 4.37. The van der Waals surface area contributed by atoms with E-state index in [1.54, 1.807) is 0 Å². The molecule has 0 bridgehead atoms. The van der Waals surface area contributed by atoms with Gasteiger partial charge in [0.2, 0.25) is 0 Å². The van der Waals surface area contributed by atoms with Crippen molar-refractivity contribution in [1.82, 2.24) is 0 Å². The molecule has 1 heteroatoms. The van der Waals surface area contributed by atoms with E-state index < -0.39 is 0 Å². The van der Waals surface area contributed by atoms with E-state index in [0.717, 1.165) is 12.8 Å². The molecule has 0 N–H and O–H groups in total. The first kappa shape index (κ1) is 11.9. The Morgan fingerprint density at radius 2 is 2.25 bits per heavy atom. The molecular formula is C15H24O. The predicted molar refractivity (Wildman–Crippen MR) is 68.4 cm³/mol. The molecule has 0 aromatic carbocycles. The van der Waals surface area contributed by atoms with Crippen LogP contribution >= 0.6 is 0 Å². The maximum absolute atomic E-state index is 5.74. The Morgan fingerprint density at radius 1 is 1.50 bits per heavy atom. The molecule has 1 saturated heterocycles. The third-order valence-electron chi connectivity index (χ3n) is 4.12. The van der Waals surface area contributed by atoms with Crippen molar-refractivity contribution < 1.29 is 4.74 Å². The third-order valence-corrected chi connectivity index (χ3v) is 4.12. The van der Waals surface area contributed by atoms with Gasteiger partial charge < -0.3 is 4.74 Å². The van der Waals surface area contributed by atoms with Gasteiger partial charge in [0, 0.05) is 0 Å². The molecule has 1 heterocycles. The Bertz CT molecular complexity index is 311. The normalized spacial score (nSPS) is 36.4. The maximum Gasteiger partial charge on any atom is 0.0920 e. The van der Waals surface area contributed by atoms with Gasteiger partial charge in [0.15, 0.2) is 0 Å². The maximum atomic E-state index is 5.74. The largest absolute Gasteiger partial charge is 0.366 e. The number of hydrogen-bond donors (Lipinski definition) is 0. The van der Waals surface area contributed by atoms with E-state index in [1.807, 2.05) is 0 Å². The van der Waals surface area contributed by atoms with Crippen molar-refractivity contribution in [2.75, 3.05) is 0 Å². The molecule has 90 valence electrons. The van der Waals surface area contributed by atoms with Crippen LogP contribution in [0.4, 0.5) is 0 Å². The van der Waals surface area contributed by atoms with E-state index in [2.05, 4.69) is 33.4 Å². The summed E-state index contributed by atoms with van der Waals surface area (Å²) in [4.78, 5) is 0. The number of rotatable bonds is 4. The van der Waals surface area contributed by atoms with Crippen molar-refractivity contribution in [1.29, 1.82) is 0 Å². The van der Waals surface area contributed by atoms with Crippen LogP contribution in [0, 0.1) is 5.92 Å². The molecule has 1 saturated carbocycles. The molecule has 0 aromatic heterocycles. The van der Waals surface area contributed by atoms with Crippen molar-refractivity contribution in [3.8, 4) is 0 Å². The van der Waals surface area contributed by atoms with Crippen molar-refractivity contribution in [3.63, 3.8) is 0 Å². The minimum atomic E-state index is 0.247. The van der Waals surface area contributed by atoms with Gasteiger partial charge in [-0.15, -0.1) is 0 Å². The summed E-state index contributed by atoms with van der Waals surface area (Å²) in [6.07, 6.45) is 8.87. The molecule has 1 aliphatic carbocycles. The molecular weight excluding hydrogens is 196 g/mol. The molecule has 0 aromatic rings. The van der Waals surface area contributed by atoms with Crippen LogP contribution in [-0.2, 0) is 4.74 Å². The van der Waals surface area contributed by atoms with Crippen LogP contribution in [0.15, 0.2) is 23.8 Å². The van der Waals surface area contributed by atoms with Crippen LogP contribution in [0.3, 0.4) is 0 Å². The van der Waals surface area contributed by atoms with Crippen molar-refractivity contribution >= 4 is 0 Å². The summed E-state index contributed by atoms with van der Waals surface area (Å²) >= 11 is 0. The minimum absolute atomic E-state index is 0.247. The Balaban J connectivity index is 1.76. The lowest BCUT2D eigenvalue weighted by Gasteiger charge is -2.24. The van der Waals surface area contributed by atoms with Gasteiger partial charge in [-0.2, -0.15) is 0 Å². The Hall–Kier alpha value is -0.560. The average molecular weight is 220 g/mol. The molecule has 1 aliphatic heterocycles. The lowest BCUT2D eigenvalue weighted by atomic mass is 9.78. The zero-order valence-corrected chi connectivity index (χ0v) is 10.9. The van der Waals surface area contributed by atoms with E-state index in [0.29, 0.717) is 12.0 Å². The van der Waals surface area contributed by atoms with E-state index in [4.69, 9.17) is 4.74 Å². The van der Waals surface area contributed by atoms with Crippen LogP contribution in [0.25, 0.3) is 0 Å². The zero-order chi connectivity index (χ0) is 11.8. The molecule has 0 amide bonds. The molecule has 2 fully saturated rings. The van der Waals surface area contributed by atoms with Crippen LogP contribution in [0.2, 0.25) is 0 Å². The highest BCUT2D eigenvalue weighted by Gasteiger charge is 2.55. The van der Waals surface area contributed by atoms with Crippen molar-refractivity contribution in [3.05, 3.63) is 23.8 Å². The number of ether oxygens (including phenoxy) is 1. The molecule has 0 unspecified atom stereocenters. The minimum Gasteiger partial charge on any atom is -0.366 e. The summed E-state index contributed by atoms with van der Waals surface area (Å²) in [5.41, 5.74) is 3.10. The Labute approximate surface area is 99.6 Å². The fourth-order valence-electron chi connectivity index (χ4n) is 2.77. The highest BCUT2D eigenvalue weighted by molar-refractivity contribution is 5.12. The smallest absolute Gasteiger partial charge is 0.0920 e. The molecule has 3 atom stereocenters. The van der Waals surface area contributed by atoms with Crippen LogP contribution in [0.1, 0.15) is 52.9 Å². The lowest BCUT2D eigenvalue weighted by Crippen LogP contribution is -2.22. The summed E-state index contributed by atoms with van der Waals surface area (Å²) in [6.45, 7) is 10.8. The van der Waals surface area contributed by atoms with Gasteiger partial charge in [-0.05, 0) is 58.8 Å². The van der Waals surface area contributed by atoms with Crippen LogP contribution in [-0.4, -0.2) is 11.7 Å². The second-order valence-corrected chi connectivity index (χ2v) is 5.87. The van der Waals surface area contributed by atoms with Gasteiger partial charge in [0.05, 0.1) is 11.7 Å². The highest BCUT2D eigenvalue weighted by Crippen LogP contribution is 2.50. The second-order valence-electron chi connectivity index (χ2n) is 5.87. The average Bonchev–Trinajstić information content (AvgIpc) is 2.87. The number of allylic oxidation sites excluding steroid dienone is 3. The topological polar surface area (TPSA) is 12.5 Å². The van der Waals surface area contributed by atoms with Gasteiger partial charge in [-0.3, -0.25) is 0 Å². The Morgan fingerprint density at radius 3 is 2.88 bits per heavy atom. The summed E-state index contributed by atoms with van der Waals surface area (Å²) in [5.74, 6) is 0.714. The molecule has 2 rings (SSSR count). The number of epoxide rings is 1. The fourth-order valence-corrected chi connectivity index (χ4v) is 2.77. The standard InChI is InChI=1S/C15H24O/c1-11(2)6-5-7-12(3)13-8-9-15(4)14(10-13)16-15/h6,13-14H,3,5,7-10H2,1-2,4H3/t13-,14+,15-/m1/s1. The van der Waals surface area contributed by atoms with Gasteiger partial charge >= 0.3 is 0 Å². The van der Waals surface area contributed by atoms with E-state index in [9.17, 15) is 0 Å². The van der Waals surface area contributed by atoms with Crippen LogP contribution in [0.5, 0.6) is 0 Å². The molecule has 2 aliphatic rings. The first-order valence-electron chi connectivity index (χ1n) is 6.50. The SMILES string of the molecule is C=C(CCC=C(C)C)[C@@H]1CC[C@@]2(C)O[C@H]2C1. The van der Waals surface area contributed by atoms with Gasteiger partial charge in [0.1, 0.15) is 0 Å².